The molecule has 10 heteroatoms. The number of amides is 1. The van der Waals surface area contributed by atoms with Crippen LogP contribution in [0.15, 0.2) is 36.0 Å². The van der Waals surface area contributed by atoms with Gasteiger partial charge in [0.25, 0.3) is 0 Å². The topological polar surface area (TPSA) is 141 Å². The Morgan fingerprint density at radius 2 is 1.93 bits per heavy atom. The summed E-state index contributed by atoms with van der Waals surface area (Å²) in [4.78, 5) is 27.9. The van der Waals surface area contributed by atoms with Gasteiger partial charge in [-0.1, -0.05) is 58.4 Å². The zero-order chi connectivity index (χ0) is 33.9. The predicted molar refractivity (Wildman–Crippen MR) is 178 cm³/mol. The summed E-state index contributed by atoms with van der Waals surface area (Å²) in [6.07, 6.45) is 11.6. The van der Waals surface area contributed by atoms with Gasteiger partial charge >= 0.3 is 12.1 Å². The highest BCUT2D eigenvalue weighted by Gasteiger charge is 2.47. The molecule has 10 unspecified atom stereocenters. The van der Waals surface area contributed by atoms with Crippen LogP contribution in [-0.4, -0.2) is 101 Å². The number of nitrogens with zero attached hydrogens (tertiary/aromatic N) is 1. The second kappa shape index (κ2) is 18.3. The molecule has 3 aliphatic heterocycles. The fourth-order valence-corrected chi connectivity index (χ4v) is 6.47. The molecule has 3 heterocycles. The molecule has 2 fully saturated rings. The number of hydrogen-bond acceptors (Lipinski definition) is 9. The number of nitrogens with one attached hydrogen (secondary N) is 1. The average Bonchev–Trinajstić information content (AvgIpc) is 3.77. The minimum atomic E-state index is -1.12. The first kappa shape index (κ1) is 38.2. The first-order valence-corrected chi connectivity index (χ1v) is 17.4. The van der Waals surface area contributed by atoms with Crippen molar-refractivity contribution in [1.82, 2.24) is 10.2 Å². The van der Waals surface area contributed by atoms with Gasteiger partial charge in [0.15, 0.2) is 0 Å². The maximum absolute atomic E-state index is 12.8. The fraction of sp³-hybridized carbons (Fsp3) is 0.778. The lowest BCUT2D eigenvalue weighted by Gasteiger charge is -2.28. The molecular weight excluding hydrogens is 588 g/mol. The second-order valence-electron chi connectivity index (χ2n) is 14.1. The molecule has 46 heavy (non-hydrogen) atoms. The van der Waals surface area contributed by atoms with Gasteiger partial charge in [-0.2, -0.15) is 0 Å². The molecular formula is C36H60N2O8. The van der Waals surface area contributed by atoms with E-state index in [2.05, 4.69) is 10.2 Å². The zero-order valence-electron chi connectivity index (χ0n) is 28.9. The average molecular weight is 649 g/mol. The Morgan fingerprint density at radius 1 is 1.22 bits per heavy atom. The standard InChI is InChI=1S/C36H60N2O8/c1-7-29(40)27(5)34-31(44-34)23-36(6,43)17-11-12-25(3)33-26(4)14-16-30(24(2)13-15-28(39)22-32(41)46-33)45-35(42)37-18-21-38-19-9-8-10-20-38/h11-12,14,16-17,24,26-31,33-34,39-40,43H,7-10,13,15,18-23H2,1-6H3,(H,37,42)/b16-14-,17-11+,25-12+. The molecule has 10 atom stereocenters. The van der Waals surface area contributed by atoms with E-state index in [-0.39, 0.29) is 36.4 Å². The number of ether oxygens (including phenoxy) is 3. The molecule has 3 aliphatic rings. The molecule has 0 aromatic rings. The number of cyclic esters (lactones) is 1. The van der Waals surface area contributed by atoms with Crippen LogP contribution in [0.1, 0.15) is 92.9 Å². The number of epoxide rings is 1. The maximum atomic E-state index is 12.8. The number of carbonyl (C=O) groups excluding carboxylic acids is 2. The van der Waals surface area contributed by atoms with E-state index in [1.54, 1.807) is 19.1 Å². The monoisotopic (exact) mass is 648 g/mol. The van der Waals surface area contributed by atoms with Crippen molar-refractivity contribution >= 4 is 12.1 Å². The molecule has 10 nitrogen and oxygen atoms in total. The summed E-state index contributed by atoms with van der Waals surface area (Å²) in [7, 11) is 0. The third kappa shape index (κ3) is 12.8. The van der Waals surface area contributed by atoms with Crippen molar-refractivity contribution in [2.45, 2.75) is 135 Å². The quantitative estimate of drug-likeness (QED) is 0.103. The van der Waals surface area contributed by atoms with Crippen LogP contribution in [0.2, 0.25) is 0 Å². The van der Waals surface area contributed by atoms with Crippen LogP contribution in [0.5, 0.6) is 0 Å². The van der Waals surface area contributed by atoms with Crippen molar-refractivity contribution in [3.63, 3.8) is 0 Å². The van der Waals surface area contributed by atoms with Gasteiger partial charge in [-0.05, 0) is 76.6 Å². The van der Waals surface area contributed by atoms with Gasteiger partial charge in [-0.25, -0.2) is 4.79 Å². The molecule has 4 N–H and O–H groups in total. The van der Waals surface area contributed by atoms with Gasteiger partial charge in [0.1, 0.15) is 12.2 Å². The number of piperidine rings is 1. The number of alkyl carbamates (subject to hydrolysis) is 1. The Hall–Kier alpha value is -2.24. The van der Waals surface area contributed by atoms with E-state index >= 15 is 0 Å². The lowest BCUT2D eigenvalue weighted by molar-refractivity contribution is -0.151. The molecule has 0 aromatic heterocycles. The molecule has 0 spiro atoms. The molecule has 0 saturated carbocycles. The number of esters is 1. The molecule has 0 bridgehead atoms. The Balaban J connectivity index is 1.64. The highest BCUT2D eigenvalue weighted by molar-refractivity contribution is 5.70. The molecule has 3 rings (SSSR count). The molecule has 0 aliphatic carbocycles. The molecule has 262 valence electrons. The van der Waals surface area contributed by atoms with Gasteiger partial charge in [-0.15, -0.1) is 0 Å². The minimum Gasteiger partial charge on any atom is -0.457 e. The van der Waals surface area contributed by atoms with E-state index in [0.717, 1.165) is 25.2 Å². The van der Waals surface area contributed by atoms with E-state index < -0.39 is 42.1 Å². The molecule has 0 aromatic carbocycles. The van der Waals surface area contributed by atoms with Gasteiger partial charge in [-0.3, -0.25) is 4.79 Å². The zero-order valence-corrected chi connectivity index (χ0v) is 28.9. The summed E-state index contributed by atoms with van der Waals surface area (Å²) in [5, 5.41) is 34.6. The number of carbonyl (C=O) groups is 2. The minimum absolute atomic E-state index is 0.00701. The molecule has 1 amide bonds. The van der Waals surface area contributed by atoms with E-state index in [1.165, 1.54) is 19.3 Å². The van der Waals surface area contributed by atoms with E-state index in [4.69, 9.17) is 14.2 Å². The Labute approximate surface area is 276 Å². The summed E-state index contributed by atoms with van der Waals surface area (Å²) in [6.45, 7) is 14.9. The highest BCUT2D eigenvalue weighted by Crippen LogP contribution is 2.37. The van der Waals surface area contributed by atoms with Crippen LogP contribution in [-0.2, 0) is 19.0 Å². The fourth-order valence-electron chi connectivity index (χ4n) is 6.47. The Bertz CT molecular complexity index is 1050. The van der Waals surface area contributed by atoms with Crippen molar-refractivity contribution in [2.24, 2.45) is 17.8 Å². The van der Waals surface area contributed by atoms with E-state index in [1.807, 2.05) is 52.8 Å². The summed E-state index contributed by atoms with van der Waals surface area (Å²) in [5.41, 5.74) is -0.355. The summed E-state index contributed by atoms with van der Waals surface area (Å²) >= 11 is 0. The van der Waals surface area contributed by atoms with Gasteiger partial charge < -0.3 is 39.7 Å². The van der Waals surface area contributed by atoms with Crippen LogP contribution < -0.4 is 5.32 Å². The molecule has 2 saturated heterocycles. The van der Waals surface area contributed by atoms with Crippen LogP contribution in [0, 0.1) is 17.8 Å². The summed E-state index contributed by atoms with van der Waals surface area (Å²) in [5.74, 6) is -0.786. The maximum Gasteiger partial charge on any atom is 0.407 e. The first-order chi connectivity index (χ1) is 21.8. The van der Waals surface area contributed by atoms with Crippen LogP contribution in [0.4, 0.5) is 4.79 Å². The Morgan fingerprint density at radius 3 is 2.63 bits per heavy atom. The van der Waals surface area contributed by atoms with Crippen molar-refractivity contribution in [3.05, 3.63) is 36.0 Å². The van der Waals surface area contributed by atoms with Crippen LogP contribution >= 0.6 is 0 Å². The van der Waals surface area contributed by atoms with Crippen LogP contribution in [0.3, 0.4) is 0 Å². The largest absolute Gasteiger partial charge is 0.457 e. The first-order valence-electron chi connectivity index (χ1n) is 17.4. The predicted octanol–water partition coefficient (Wildman–Crippen LogP) is 4.67. The van der Waals surface area contributed by atoms with Gasteiger partial charge in [0, 0.05) is 31.3 Å². The second-order valence-corrected chi connectivity index (χ2v) is 14.1. The molecule has 0 radical (unpaired) electrons. The smallest absolute Gasteiger partial charge is 0.407 e. The SMILES string of the molecule is CCC(O)C(C)C1OC1CC(C)(O)/C=C/C=C(\C)C1OC(=O)CC(O)CCC(C)C(OC(=O)NCCN2CCCCC2)/C=C\C1C. The number of rotatable bonds is 12. The van der Waals surface area contributed by atoms with E-state index in [0.29, 0.717) is 32.2 Å². The van der Waals surface area contributed by atoms with Crippen molar-refractivity contribution in [2.75, 3.05) is 26.2 Å². The highest BCUT2D eigenvalue weighted by atomic mass is 16.6. The third-order valence-corrected chi connectivity index (χ3v) is 9.69. The number of hydrogen-bond donors (Lipinski definition) is 4. The van der Waals surface area contributed by atoms with Crippen LogP contribution in [0.25, 0.3) is 0 Å². The van der Waals surface area contributed by atoms with Crippen molar-refractivity contribution in [3.8, 4) is 0 Å². The number of allylic oxidation sites excluding steroid dienone is 2. The van der Waals surface area contributed by atoms with Crippen molar-refractivity contribution in [1.29, 1.82) is 0 Å². The lowest BCUT2D eigenvalue weighted by Crippen LogP contribution is -2.39. The summed E-state index contributed by atoms with van der Waals surface area (Å²) in [6, 6.07) is 0. The third-order valence-electron chi connectivity index (χ3n) is 9.69. The normalized spacial score (nSPS) is 33.5. The number of aliphatic hydroxyl groups excluding tert-OH is 2. The summed E-state index contributed by atoms with van der Waals surface area (Å²) < 4.78 is 17.5. The van der Waals surface area contributed by atoms with E-state index in [9.17, 15) is 24.9 Å². The van der Waals surface area contributed by atoms with Gasteiger partial charge in [0.2, 0.25) is 0 Å². The Kier molecular flexibility index (Phi) is 15.2. The van der Waals surface area contributed by atoms with Crippen molar-refractivity contribution < 1.29 is 39.1 Å². The van der Waals surface area contributed by atoms with Gasteiger partial charge in [0.05, 0.1) is 36.4 Å². The number of aliphatic hydroxyl groups is 3. The lowest BCUT2D eigenvalue weighted by atomic mass is 9.91. The number of likely N-dealkylation sites (tertiary alicyclic amines) is 1.